The van der Waals surface area contributed by atoms with E-state index in [1.165, 1.54) is 10.9 Å². The van der Waals surface area contributed by atoms with Crippen LogP contribution in [0.15, 0.2) is 15.9 Å². The maximum absolute atomic E-state index is 12.6. The van der Waals surface area contributed by atoms with Crippen LogP contribution < -0.4 is 11.2 Å². The van der Waals surface area contributed by atoms with Gasteiger partial charge in [-0.3, -0.25) is 14.2 Å². The molecule has 0 spiro atoms. The summed E-state index contributed by atoms with van der Waals surface area (Å²) >= 11 is 0. The number of amides is 1. The van der Waals surface area contributed by atoms with E-state index in [4.69, 9.17) is 0 Å². The van der Waals surface area contributed by atoms with Crippen molar-refractivity contribution in [2.45, 2.75) is 38.8 Å². The first-order chi connectivity index (χ1) is 10.9. The van der Waals surface area contributed by atoms with Crippen molar-refractivity contribution in [2.75, 3.05) is 6.54 Å². The van der Waals surface area contributed by atoms with E-state index < -0.39 is 11.2 Å². The van der Waals surface area contributed by atoms with Gasteiger partial charge in [-0.15, -0.1) is 0 Å². The molecule has 2 aromatic heterocycles. The predicted octanol–water partition coefficient (Wildman–Crippen LogP) is -0.165. The Balaban J connectivity index is 2.03. The lowest BCUT2D eigenvalue weighted by atomic mass is 10.0. The highest BCUT2D eigenvalue weighted by molar-refractivity contribution is 5.77. The third kappa shape index (κ3) is 2.47. The van der Waals surface area contributed by atoms with E-state index in [0.29, 0.717) is 17.7 Å². The van der Waals surface area contributed by atoms with Crippen LogP contribution >= 0.6 is 0 Å². The van der Waals surface area contributed by atoms with Gasteiger partial charge >= 0.3 is 5.69 Å². The molecule has 0 unspecified atom stereocenters. The monoisotopic (exact) mass is 319 g/mol. The molecule has 0 aromatic carbocycles. The van der Waals surface area contributed by atoms with Crippen molar-refractivity contribution in [3.63, 3.8) is 0 Å². The van der Waals surface area contributed by atoms with Crippen molar-refractivity contribution in [1.82, 2.24) is 23.6 Å². The molecule has 1 aliphatic rings. The smallest absolute Gasteiger partial charge is 0.332 e. The third-order valence-electron chi connectivity index (χ3n) is 4.62. The molecule has 124 valence electrons. The van der Waals surface area contributed by atoms with E-state index in [1.807, 2.05) is 6.92 Å². The lowest BCUT2D eigenvalue weighted by Crippen LogP contribution is -2.48. The molecule has 8 heteroatoms. The second-order valence-corrected chi connectivity index (χ2v) is 6.19. The van der Waals surface area contributed by atoms with Gasteiger partial charge in [0.2, 0.25) is 5.91 Å². The van der Waals surface area contributed by atoms with Gasteiger partial charge in [-0.1, -0.05) is 0 Å². The number of carbonyl (C=O) groups is 1. The molecule has 1 amide bonds. The zero-order valence-electron chi connectivity index (χ0n) is 13.7. The van der Waals surface area contributed by atoms with Crippen molar-refractivity contribution in [2.24, 2.45) is 14.1 Å². The quantitative estimate of drug-likeness (QED) is 0.770. The Labute approximate surface area is 132 Å². The molecule has 3 rings (SSSR count). The van der Waals surface area contributed by atoms with E-state index in [9.17, 15) is 14.4 Å². The van der Waals surface area contributed by atoms with Crippen LogP contribution in [0, 0.1) is 0 Å². The second-order valence-electron chi connectivity index (χ2n) is 6.19. The first-order valence-corrected chi connectivity index (χ1v) is 7.82. The van der Waals surface area contributed by atoms with Crippen LogP contribution in [-0.2, 0) is 25.4 Å². The van der Waals surface area contributed by atoms with Crippen molar-refractivity contribution in [1.29, 1.82) is 0 Å². The van der Waals surface area contributed by atoms with Crippen LogP contribution in [-0.4, -0.2) is 42.1 Å². The summed E-state index contributed by atoms with van der Waals surface area (Å²) in [5.74, 6) is -0.182. The molecule has 2 aromatic rings. The van der Waals surface area contributed by atoms with Gasteiger partial charge < -0.3 is 9.47 Å². The Bertz CT molecular complexity index is 876. The van der Waals surface area contributed by atoms with Gasteiger partial charge in [0.1, 0.15) is 6.54 Å². The summed E-state index contributed by atoms with van der Waals surface area (Å²) in [5.41, 5.74) is -0.329. The fourth-order valence-corrected chi connectivity index (χ4v) is 3.23. The average molecular weight is 319 g/mol. The molecule has 3 heterocycles. The molecule has 1 atom stereocenters. The first-order valence-electron chi connectivity index (χ1n) is 7.82. The highest BCUT2D eigenvalue weighted by Gasteiger charge is 2.25. The number of hydrogen-bond acceptors (Lipinski definition) is 4. The van der Waals surface area contributed by atoms with Gasteiger partial charge in [0.25, 0.3) is 5.56 Å². The fourth-order valence-electron chi connectivity index (χ4n) is 3.23. The SMILES string of the molecule is C[C@H]1CCCCN1C(=O)Cn1c(=O)c2c(ncn2C)n(C)c1=O. The Morgan fingerprint density at radius 1 is 1.30 bits per heavy atom. The van der Waals surface area contributed by atoms with Crippen LogP contribution in [0.5, 0.6) is 0 Å². The summed E-state index contributed by atoms with van der Waals surface area (Å²) in [6, 6.07) is 0.149. The van der Waals surface area contributed by atoms with Crippen LogP contribution in [0.4, 0.5) is 0 Å². The number of piperidine rings is 1. The number of likely N-dealkylation sites (tertiary alicyclic amines) is 1. The standard InChI is InChI=1S/C15H21N5O3/c1-10-6-4-5-7-19(10)11(21)8-20-14(22)12-13(16-9-17(12)2)18(3)15(20)23/h9-10H,4-8H2,1-3H3/t10-/m0/s1. The van der Waals surface area contributed by atoms with Gasteiger partial charge in [-0.05, 0) is 26.2 Å². The summed E-state index contributed by atoms with van der Waals surface area (Å²) < 4.78 is 3.89. The highest BCUT2D eigenvalue weighted by atomic mass is 16.2. The van der Waals surface area contributed by atoms with Gasteiger partial charge in [-0.25, -0.2) is 14.3 Å². The molecule has 1 aliphatic heterocycles. The maximum Gasteiger partial charge on any atom is 0.332 e. The molecular formula is C15H21N5O3. The third-order valence-corrected chi connectivity index (χ3v) is 4.62. The van der Waals surface area contributed by atoms with Crippen LogP contribution in [0.25, 0.3) is 11.2 Å². The zero-order valence-corrected chi connectivity index (χ0v) is 13.7. The van der Waals surface area contributed by atoms with E-state index in [-0.39, 0.29) is 18.5 Å². The van der Waals surface area contributed by atoms with Gasteiger partial charge in [0, 0.05) is 26.7 Å². The molecule has 0 saturated carbocycles. The lowest BCUT2D eigenvalue weighted by molar-refractivity contribution is -0.135. The summed E-state index contributed by atoms with van der Waals surface area (Å²) in [6.45, 7) is 2.46. The largest absolute Gasteiger partial charge is 0.338 e. The Hall–Kier alpha value is -2.38. The summed E-state index contributed by atoms with van der Waals surface area (Å²) in [7, 11) is 3.25. The number of imidazole rings is 1. The van der Waals surface area contributed by atoms with E-state index in [0.717, 1.165) is 23.8 Å². The highest BCUT2D eigenvalue weighted by Crippen LogP contribution is 2.16. The van der Waals surface area contributed by atoms with Crippen molar-refractivity contribution < 1.29 is 4.79 Å². The van der Waals surface area contributed by atoms with E-state index in [1.54, 1.807) is 23.6 Å². The minimum atomic E-state index is -0.515. The number of hydrogen-bond donors (Lipinski definition) is 0. The molecule has 1 fully saturated rings. The average Bonchev–Trinajstić information content (AvgIpc) is 2.91. The van der Waals surface area contributed by atoms with Crippen LogP contribution in [0.3, 0.4) is 0 Å². The zero-order chi connectivity index (χ0) is 16.7. The number of fused-ring (bicyclic) bond motifs is 1. The van der Waals surface area contributed by atoms with Crippen molar-refractivity contribution in [3.05, 3.63) is 27.2 Å². The minimum Gasteiger partial charge on any atom is -0.338 e. The van der Waals surface area contributed by atoms with Gasteiger partial charge in [0.15, 0.2) is 11.2 Å². The summed E-state index contributed by atoms with van der Waals surface area (Å²) in [6.07, 6.45) is 4.52. The molecule has 0 radical (unpaired) electrons. The molecule has 0 aliphatic carbocycles. The predicted molar refractivity (Wildman–Crippen MR) is 85.2 cm³/mol. The molecule has 1 saturated heterocycles. The second kappa shape index (κ2) is 5.68. The Morgan fingerprint density at radius 3 is 2.74 bits per heavy atom. The van der Waals surface area contributed by atoms with Gasteiger partial charge in [-0.2, -0.15) is 0 Å². The topological polar surface area (TPSA) is 82.1 Å². The normalized spacial score (nSPS) is 18.6. The molecule has 0 N–H and O–H groups in total. The first kappa shape index (κ1) is 15.5. The van der Waals surface area contributed by atoms with Gasteiger partial charge in [0.05, 0.1) is 6.33 Å². The molecular weight excluding hydrogens is 298 g/mol. The maximum atomic E-state index is 12.6. The summed E-state index contributed by atoms with van der Waals surface area (Å²) in [5, 5.41) is 0. The lowest BCUT2D eigenvalue weighted by Gasteiger charge is -2.33. The fraction of sp³-hybridized carbons (Fsp3) is 0.600. The Morgan fingerprint density at radius 2 is 2.04 bits per heavy atom. The molecule has 0 bridgehead atoms. The number of aryl methyl sites for hydroxylation is 2. The van der Waals surface area contributed by atoms with E-state index >= 15 is 0 Å². The summed E-state index contributed by atoms with van der Waals surface area (Å²) in [4.78, 5) is 43.4. The number of nitrogens with zero attached hydrogens (tertiary/aromatic N) is 5. The van der Waals surface area contributed by atoms with Crippen molar-refractivity contribution in [3.8, 4) is 0 Å². The van der Waals surface area contributed by atoms with Crippen LogP contribution in [0.1, 0.15) is 26.2 Å². The Kier molecular flexibility index (Phi) is 3.83. The number of carbonyl (C=O) groups excluding carboxylic acids is 1. The van der Waals surface area contributed by atoms with E-state index in [2.05, 4.69) is 4.98 Å². The van der Waals surface area contributed by atoms with Crippen molar-refractivity contribution >= 4 is 17.1 Å². The number of rotatable bonds is 2. The van der Waals surface area contributed by atoms with Crippen LogP contribution in [0.2, 0.25) is 0 Å². The minimum absolute atomic E-state index is 0.149. The number of aromatic nitrogens is 4. The molecule has 23 heavy (non-hydrogen) atoms. The molecule has 8 nitrogen and oxygen atoms in total.